The van der Waals surface area contributed by atoms with Gasteiger partial charge in [0.1, 0.15) is 0 Å². The van der Waals surface area contributed by atoms with Crippen LogP contribution in [0.3, 0.4) is 0 Å². The van der Waals surface area contributed by atoms with Gasteiger partial charge in [0.2, 0.25) is 5.91 Å². The third kappa shape index (κ3) is 1.95. The molecule has 4 bridgehead atoms. The summed E-state index contributed by atoms with van der Waals surface area (Å²) < 4.78 is 0. The molecule has 1 amide bonds. The number of likely N-dealkylation sites (N-methyl/N-ethyl adjacent to an activating group) is 1. The van der Waals surface area contributed by atoms with Crippen molar-refractivity contribution in [3.05, 3.63) is 0 Å². The summed E-state index contributed by atoms with van der Waals surface area (Å²) >= 11 is 0. The Kier molecular flexibility index (Phi) is 2.90. The average Bonchev–Trinajstić information content (AvgIpc) is 2.26. The maximum Gasteiger partial charge on any atom is 0.237 e. The Morgan fingerprint density at radius 1 is 1.11 bits per heavy atom. The molecule has 4 heteroatoms. The quantitative estimate of drug-likeness (QED) is 0.606. The van der Waals surface area contributed by atoms with Crippen LogP contribution in [0.2, 0.25) is 0 Å². The van der Waals surface area contributed by atoms with Crippen molar-refractivity contribution < 1.29 is 4.79 Å². The van der Waals surface area contributed by atoms with Gasteiger partial charge in [-0.1, -0.05) is 0 Å². The number of hydrogen-bond acceptors (Lipinski definition) is 3. The molecule has 0 aromatic heterocycles. The Hall–Kier alpha value is -0.610. The summed E-state index contributed by atoms with van der Waals surface area (Å²) in [6.07, 6.45) is 7.89. The zero-order valence-electron chi connectivity index (χ0n) is 11.6. The van der Waals surface area contributed by atoms with Gasteiger partial charge in [-0.25, -0.2) is 5.01 Å². The van der Waals surface area contributed by atoms with E-state index in [1.807, 2.05) is 5.01 Å². The first-order valence-electron chi connectivity index (χ1n) is 7.21. The lowest BCUT2D eigenvalue weighted by atomic mass is 9.53. The van der Waals surface area contributed by atoms with Gasteiger partial charge >= 0.3 is 0 Å². The topological polar surface area (TPSA) is 49.6 Å². The molecular weight excluding hydrogens is 226 g/mol. The van der Waals surface area contributed by atoms with Crippen LogP contribution in [0.25, 0.3) is 0 Å². The highest BCUT2D eigenvalue weighted by molar-refractivity contribution is 5.77. The molecular formula is C14H25N3O. The van der Waals surface area contributed by atoms with E-state index in [4.69, 9.17) is 5.84 Å². The number of hydrazine groups is 1. The molecule has 0 heterocycles. The molecule has 4 saturated carbocycles. The molecule has 4 aliphatic carbocycles. The molecule has 0 radical (unpaired) electrons. The Morgan fingerprint density at radius 3 is 1.94 bits per heavy atom. The lowest BCUT2D eigenvalue weighted by Gasteiger charge is -2.59. The normalized spacial score (nSPS) is 41.4. The van der Waals surface area contributed by atoms with Gasteiger partial charge in [0, 0.05) is 19.6 Å². The molecule has 2 N–H and O–H groups in total. The molecule has 0 saturated heterocycles. The van der Waals surface area contributed by atoms with Gasteiger partial charge in [0.25, 0.3) is 0 Å². The maximum atomic E-state index is 11.9. The van der Waals surface area contributed by atoms with Gasteiger partial charge in [0.05, 0.1) is 6.54 Å². The van der Waals surface area contributed by atoms with Crippen LogP contribution < -0.4 is 5.84 Å². The van der Waals surface area contributed by atoms with Crippen LogP contribution in [0.5, 0.6) is 0 Å². The fourth-order valence-corrected chi connectivity index (χ4v) is 4.87. The molecule has 4 fully saturated rings. The summed E-state index contributed by atoms with van der Waals surface area (Å²) in [5, 5.41) is 1.89. The van der Waals surface area contributed by atoms with E-state index < -0.39 is 0 Å². The second-order valence-corrected chi connectivity index (χ2v) is 7.06. The van der Waals surface area contributed by atoms with Crippen LogP contribution in [0.15, 0.2) is 0 Å². The van der Waals surface area contributed by atoms with E-state index in [-0.39, 0.29) is 11.4 Å². The Balaban J connectivity index is 1.73. The van der Waals surface area contributed by atoms with E-state index in [0.29, 0.717) is 6.54 Å². The van der Waals surface area contributed by atoms with Crippen molar-refractivity contribution in [2.24, 2.45) is 23.6 Å². The number of amides is 1. The largest absolute Gasteiger partial charge is 0.348 e. The molecule has 0 aromatic rings. The molecule has 0 unspecified atom stereocenters. The summed E-state index contributed by atoms with van der Waals surface area (Å²) in [6.45, 7) is 0.374. The van der Waals surface area contributed by atoms with Crippen LogP contribution in [-0.4, -0.2) is 42.0 Å². The number of nitrogens with two attached hydrogens (primary N) is 1. The zero-order chi connectivity index (χ0) is 12.9. The second kappa shape index (κ2) is 4.20. The van der Waals surface area contributed by atoms with Gasteiger partial charge < -0.3 is 4.90 Å². The number of carbonyl (C=O) groups excluding carboxylic acids is 1. The molecule has 0 spiro atoms. The highest BCUT2D eigenvalue weighted by Crippen LogP contribution is 2.57. The van der Waals surface area contributed by atoms with Crippen LogP contribution in [-0.2, 0) is 4.79 Å². The van der Waals surface area contributed by atoms with Gasteiger partial charge in [-0.15, -0.1) is 0 Å². The summed E-state index contributed by atoms with van der Waals surface area (Å²) in [7, 11) is 3.60. The van der Waals surface area contributed by atoms with E-state index in [1.54, 1.807) is 19.0 Å². The average molecular weight is 251 g/mol. The van der Waals surface area contributed by atoms with Gasteiger partial charge in [0.15, 0.2) is 0 Å². The maximum absolute atomic E-state index is 11.9. The van der Waals surface area contributed by atoms with E-state index in [1.165, 1.54) is 38.5 Å². The molecule has 0 atom stereocenters. The van der Waals surface area contributed by atoms with Crippen LogP contribution in [0.4, 0.5) is 0 Å². The highest BCUT2D eigenvalue weighted by atomic mass is 16.2. The molecule has 4 rings (SSSR count). The molecule has 4 nitrogen and oxygen atoms in total. The summed E-state index contributed by atoms with van der Waals surface area (Å²) in [6, 6.07) is 0. The van der Waals surface area contributed by atoms with Crippen molar-refractivity contribution in [2.45, 2.75) is 44.1 Å². The standard InChI is InChI=1S/C14H25N3O/c1-16(2)13(18)9-17(15)14-6-10-3-11(7-14)5-12(4-10)8-14/h10-12H,3-9,15H2,1-2H3. The summed E-state index contributed by atoms with van der Waals surface area (Å²) in [5.74, 6) is 9.03. The third-order valence-electron chi connectivity index (χ3n) is 5.42. The minimum atomic E-state index is 0.119. The fourth-order valence-electron chi connectivity index (χ4n) is 4.87. The first kappa shape index (κ1) is 12.4. The van der Waals surface area contributed by atoms with Crippen molar-refractivity contribution in [1.29, 1.82) is 0 Å². The minimum Gasteiger partial charge on any atom is -0.348 e. The smallest absolute Gasteiger partial charge is 0.237 e. The van der Waals surface area contributed by atoms with Crippen molar-refractivity contribution in [3.8, 4) is 0 Å². The van der Waals surface area contributed by atoms with E-state index in [9.17, 15) is 4.79 Å². The molecule has 0 aliphatic heterocycles. The van der Waals surface area contributed by atoms with E-state index in [2.05, 4.69) is 0 Å². The molecule has 0 aromatic carbocycles. The first-order valence-corrected chi connectivity index (χ1v) is 7.21. The number of carbonyl (C=O) groups is 1. The van der Waals surface area contributed by atoms with E-state index >= 15 is 0 Å². The Morgan fingerprint density at radius 2 is 1.56 bits per heavy atom. The zero-order valence-corrected chi connectivity index (χ0v) is 11.6. The Bertz CT molecular complexity index is 318. The van der Waals surface area contributed by atoms with Crippen molar-refractivity contribution in [3.63, 3.8) is 0 Å². The molecule has 102 valence electrons. The first-order chi connectivity index (χ1) is 8.48. The third-order valence-corrected chi connectivity index (χ3v) is 5.42. The monoisotopic (exact) mass is 251 g/mol. The minimum absolute atomic E-state index is 0.119. The second-order valence-electron chi connectivity index (χ2n) is 7.06. The van der Waals surface area contributed by atoms with Crippen LogP contribution in [0.1, 0.15) is 38.5 Å². The Labute approximate surface area is 109 Å². The predicted molar refractivity (Wildman–Crippen MR) is 70.5 cm³/mol. The van der Waals surface area contributed by atoms with E-state index in [0.717, 1.165) is 17.8 Å². The number of rotatable bonds is 3. The van der Waals surface area contributed by atoms with Gasteiger partial charge in [-0.05, 0) is 56.3 Å². The van der Waals surface area contributed by atoms with Crippen LogP contribution >= 0.6 is 0 Å². The fraction of sp³-hybridized carbons (Fsp3) is 0.929. The lowest BCUT2D eigenvalue weighted by molar-refractivity contribution is -0.138. The molecule has 4 aliphatic rings. The van der Waals surface area contributed by atoms with Crippen molar-refractivity contribution in [1.82, 2.24) is 9.91 Å². The summed E-state index contributed by atoms with van der Waals surface area (Å²) in [4.78, 5) is 13.5. The number of hydrogen-bond donors (Lipinski definition) is 1. The van der Waals surface area contributed by atoms with Crippen LogP contribution in [0, 0.1) is 17.8 Å². The van der Waals surface area contributed by atoms with Gasteiger partial charge in [-0.3, -0.25) is 10.6 Å². The predicted octanol–water partition coefficient (Wildman–Crippen LogP) is 1.22. The molecule has 18 heavy (non-hydrogen) atoms. The van der Waals surface area contributed by atoms with Crippen molar-refractivity contribution >= 4 is 5.91 Å². The SMILES string of the molecule is CN(C)C(=O)CN(N)C12CC3CC(CC(C3)C1)C2. The van der Waals surface area contributed by atoms with Crippen molar-refractivity contribution in [2.75, 3.05) is 20.6 Å². The van der Waals surface area contributed by atoms with Gasteiger partial charge in [-0.2, -0.15) is 0 Å². The lowest BCUT2D eigenvalue weighted by Crippen LogP contribution is -2.63. The highest BCUT2D eigenvalue weighted by Gasteiger charge is 2.53. The summed E-state index contributed by atoms with van der Waals surface area (Å²) in [5.41, 5.74) is 0.139. The number of nitrogens with zero attached hydrogens (tertiary/aromatic N) is 2.